The monoisotopic (exact) mass is 364 g/mol. The van der Waals surface area contributed by atoms with Gasteiger partial charge in [0, 0.05) is 12.6 Å². The Bertz CT molecular complexity index is 867. The lowest BCUT2D eigenvalue weighted by Gasteiger charge is -2.09. The zero-order chi connectivity index (χ0) is 19.1. The van der Waals surface area contributed by atoms with Crippen LogP contribution in [0.2, 0.25) is 0 Å². The van der Waals surface area contributed by atoms with Gasteiger partial charge in [-0.05, 0) is 43.4 Å². The maximum atomic E-state index is 12.2. The number of ether oxygens (including phenoxy) is 1. The molecule has 0 bridgehead atoms. The molecule has 27 heavy (non-hydrogen) atoms. The number of carbonyl (C=O) groups excluding carboxylic acids is 1. The maximum absolute atomic E-state index is 12.2. The fourth-order valence-corrected chi connectivity index (χ4v) is 2.89. The highest BCUT2D eigenvalue weighted by molar-refractivity contribution is 5.92. The normalized spacial score (nSPS) is 10.6. The summed E-state index contributed by atoms with van der Waals surface area (Å²) in [6.45, 7) is 4.82. The van der Waals surface area contributed by atoms with Crippen molar-refractivity contribution in [2.24, 2.45) is 0 Å². The van der Waals surface area contributed by atoms with E-state index in [2.05, 4.69) is 22.6 Å². The Kier molecular flexibility index (Phi) is 6.26. The molecular formula is C22H24N2O3. The van der Waals surface area contributed by atoms with Gasteiger partial charge in [0.1, 0.15) is 12.4 Å². The van der Waals surface area contributed by atoms with Crippen molar-refractivity contribution < 1.29 is 14.1 Å². The van der Waals surface area contributed by atoms with Gasteiger partial charge in [0.25, 0.3) is 5.91 Å². The minimum absolute atomic E-state index is 0.231. The van der Waals surface area contributed by atoms with E-state index in [1.54, 1.807) is 6.07 Å². The first kappa shape index (κ1) is 18.7. The maximum Gasteiger partial charge on any atom is 0.273 e. The highest BCUT2D eigenvalue weighted by atomic mass is 16.5. The molecule has 5 nitrogen and oxygen atoms in total. The third kappa shape index (κ3) is 5.20. The Labute approximate surface area is 159 Å². The average molecular weight is 364 g/mol. The van der Waals surface area contributed by atoms with Crippen LogP contribution in [-0.4, -0.2) is 17.6 Å². The summed E-state index contributed by atoms with van der Waals surface area (Å²) in [7, 11) is 0. The van der Waals surface area contributed by atoms with E-state index in [1.165, 1.54) is 5.56 Å². The van der Waals surface area contributed by atoms with E-state index in [0.717, 1.165) is 29.7 Å². The Morgan fingerprint density at radius 1 is 1.07 bits per heavy atom. The van der Waals surface area contributed by atoms with Crippen LogP contribution in [0.15, 0.2) is 59.1 Å². The number of rotatable bonds is 8. The molecule has 0 radical (unpaired) electrons. The van der Waals surface area contributed by atoms with Crippen molar-refractivity contribution in [1.82, 2.24) is 10.5 Å². The Morgan fingerprint density at radius 3 is 2.56 bits per heavy atom. The molecule has 1 aromatic heterocycles. The molecule has 0 saturated heterocycles. The summed E-state index contributed by atoms with van der Waals surface area (Å²) in [6, 6.07) is 17.8. The van der Waals surface area contributed by atoms with E-state index in [9.17, 15) is 4.79 Å². The van der Waals surface area contributed by atoms with Crippen LogP contribution >= 0.6 is 0 Å². The second-order valence-electron chi connectivity index (χ2n) is 6.53. The number of nitrogens with zero attached hydrogens (tertiary/aromatic N) is 1. The van der Waals surface area contributed by atoms with Crippen molar-refractivity contribution in [1.29, 1.82) is 0 Å². The van der Waals surface area contributed by atoms with E-state index >= 15 is 0 Å². The molecule has 5 heteroatoms. The number of carbonyl (C=O) groups is 1. The number of para-hydroxylation sites is 1. The molecule has 1 amide bonds. The minimum atomic E-state index is -0.231. The summed E-state index contributed by atoms with van der Waals surface area (Å²) in [5.74, 6) is 1.12. The van der Waals surface area contributed by atoms with Crippen LogP contribution in [0.1, 0.15) is 39.4 Å². The van der Waals surface area contributed by atoms with E-state index in [-0.39, 0.29) is 18.2 Å². The lowest BCUT2D eigenvalue weighted by Crippen LogP contribution is -2.25. The molecule has 0 fully saturated rings. The number of aromatic nitrogens is 1. The van der Waals surface area contributed by atoms with E-state index in [0.29, 0.717) is 12.3 Å². The van der Waals surface area contributed by atoms with Gasteiger partial charge in [0.2, 0.25) is 0 Å². The fraction of sp³-hybridized carbons (Fsp3) is 0.273. The van der Waals surface area contributed by atoms with Crippen molar-refractivity contribution in [3.63, 3.8) is 0 Å². The molecule has 2 aromatic carbocycles. The number of benzene rings is 2. The van der Waals surface area contributed by atoms with Crippen molar-refractivity contribution in [2.45, 2.75) is 33.3 Å². The second kappa shape index (κ2) is 9.03. The highest BCUT2D eigenvalue weighted by Gasteiger charge is 2.13. The van der Waals surface area contributed by atoms with Gasteiger partial charge in [0.05, 0.1) is 0 Å². The predicted octanol–water partition coefficient (Wildman–Crippen LogP) is 4.23. The number of nitrogens with one attached hydrogen (secondary N) is 1. The van der Waals surface area contributed by atoms with Gasteiger partial charge in [-0.2, -0.15) is 0 Å². The van der Waals surface area contributed by atoms with Crippen LogP contribution < -0.4 is 10.1 Å². The van der Waals surface area contributed by atoms with Crippen LogP contribution in [-0.2, 0) is 13.0 Å². The molecule has 0 aliphatic carbocycles. The molecule has 1 N–H and O–H groups in total. The number of hydrogen-bond acceptors (Lipinski definition) is 4. The molecule has 0 unspecified atom stereocenters. The summed E-state index contributed by atoms with van der Waals surface area (Å²) in [5.41, 5.74) is 3.66. The summed E-state index contributed by atoms with van der Waals surface area (Å²) >= 11 is 0. The summed E-state index contributed by atoms with van der Waals surface area (Å²) < 4.78 is 11.1. The summed E-state index contributed by atoms with van der Waals surface area (Å²) in [5, 5.41) is 6.72. The number of aryl methyl sites for hydroxylation is 3. The molecular weight excluding hydrogens is 340 g/mol. The third-order valence-electron chi connectivity index (χ3n) is 4.33. The second-order valence-corrected chi connectivity index (χ2v) is 6.53. The molecule has 3 rings (SSSR count). The molecule has 0 aliphatic heterocycles. The lowest BCUT2D eigenvalue weighted by atomic mass is 10.1. The largest absolute Gasteiger partial charge is 0.485 e. The molecule has 0 atom stereocenters. The van der Waals surface area contributed by atoms with Crippen LogP contribution in [0, 0.1) is 13.8 Å². The van der Waals surface area contributed by atoms with Crippen molar-refractivity contribution in [2.75, 3.05) is 6.54 Å². The van der Waals surface area contributed by atoms with Crippen molar-refractivity contribution in [3.8, 4) is 5.75 Å². The zero-order valence-electron chi connectivity index (χ0n) is 15.7. The van der Waals surface area contributed by atoms with Gasteiger partial charge in [0.15, 0.2) is 11.5 Å². The summed E-state index contributed by atoms with van der Waals surface area (Å²) in [6.07, 6.45) is 1.80. The van der Waals surface area contributed by atoms with Gasteiger partial charge < -0.3 is 14.6 Å². The first-order valence-electron chi connectivity index (χ1n) is 9.10. The molecule has 0 aliphatic rings. The third-order valence-corrected chi connectivity index (χ3v) is 4.33. The Balaban J connectivity index is 1.46. The van der Waals surface area contributed by atoms with Crippen LogP contribution in [0.5, 0.6) is 5.75 Å². The van der Waals surface area contributed by atoms with Gasteiger partial charge in [-0.3, -0.25) is 4.79 Å². The fourth-order valence-electron chi connectivity index (χ4n) is 2.89. The van der Waals surface area contributed by atoms with Crippen LogP contribution in [0.3, 0.4) is 0 Å². The van der Waals surface area contributed by atoms with Crippen LogP contribution in [0.25, 0.3) is 0 Å². The predicted molar refractivity (Wildman–Crippen MR) is 104 cm³/mol. The van der Waals surface area contributed by atoms with E-state index in [1.807, 2.05) is 50.2 Å². The van der Waals surface area contributed by atoms with Crippen molar-refractivity contribution in [3.05, 3.63) is 82.7 Å². The van der Waals surface area contributed by atoms with Gasteiger partial charge >= 0.3 is 0 Å². The van der Waals surface area contributed by atoms with E-state index in [4.69, 9.17) is 9.26 Å². The molecule has 140 valence electrons. The molecule has 0 saturated carbocycles. The van der Waals surface area contributed by atoms with Crippen LogP contribution in [0.4, 0.5) is 0 Å². The molecule has 1 heterocycles. The Morgan fingerprint density at radius 2 is 1.81 bits per heavy atom. The molecule has 3 aromatic rings. The van der Waals surface area contributed by atoms with Gasteiger partial charge in [-0.1, -0.05) is 53.7 Å². The quantitative estimate of drug-likeness (QED) is 0.608. The topological polar surface area (TPSA) is 64.4 Å². The van der Waals surface area contributed by atoms with E-state index < -0.39 is 0 Å². The average Bonchev–Trinajstić information content (AvgIpc) is 3.15. The number of hydrogen-bond donors (Lipinski definition) is 1. The smallest absolute Gasteiger partial charge is 0.273 e. The minimum Gasteiger partial charge on any atom is -0.485 e. The van der Waals surface area contributed by atoms with Gasteiger partial charge in [-0.15, -0.1) is 0 Å². The molecule has 0 spiro atoms. The first-order chi connectivity index (χ1) is 13.1. The number of amides is 1. The summed E-state index contributed by atoms with van der Waals surface area (Å²) in [4.78, 5) is 12.2. The van der Waals surface area contributed by atoms with Crippen molar-refractivity contribution >= 4 is 5.91 Å². The standard InChI is InChI=1S/C22H24N2O3/c1-16-8-6-9-17(2)21(16)26-15-19-14-20(24-27-19)22(25)23-13-7-12-18-10-4-3-5-11-18/h3-6,8-11,14H,7,12-13,15H2,1-2H3,(H,23,25). The SMILES string of the molecule is Cc1cccc(C)c1OCc1cc(C(=O)NCCCc2ccccc2)no1. The highest BCUT2D eigenvalue weighted by Crippen LogP contribution is 2.23. The Hall–Kier alpha value is -3.08. The zero-order valence-corrected chi connectivity index (χ0v) is 15.7. The van der Waals surface area contributed by atoms with Gasteiger partial charge in [-0.25, -0.2) is 0 Å². The first-order valence-corrected chi connectivity index (χ1v) is 9.10. The lowest BCUT2D eigenvalue weighted by molar-refractivity contribution is 0.0944.